The highest BCUT2D eigenvalue weighted by atomic mass is 35.5. The first-order chi connectivity index (χ1) is 8.76. The summed E-state index contributed by atoms with van der Waals surface area (Å²) in [6, 6.07) is 8.75. The number of nitrogens with zero attached hydrogens (tertiary/aromatic N) is 1. The van der Waals surface area contributed by atoms with Crippen LogP contribution in [0.4, 0.5) is 0 Å². The lowest BCUT2D eigenvalue weighted by atomic mass is 9.89. The lowest BCUT2D eigenvalue weighted by Gasteiger charge is -2.34. The smallest absolute Gasteiger partial charge is 0.0406 e. The van der Waals surface area contributed by atoms with Crippen LogP contribution in [-0.2, 0) is 0 Å². The molecule has 0 aromatic heterocycles. The molecule has 1 aliphatic rings. The summed E-state index contributed by atoms with van der Waals surface area (Å²) in [6.07, 6.45) is 3.82. The van der Waals surface area contributed by atoms with Crippen molar-refractivity contribution in [1.29, 1.82) is 0 Å². The summed E-state index contributed by atoms with van der Waals surface area (Å²) in [5.41, 5.74) is 7.35. The molecule has 18 heavy (non-hydrogen) atoms. The number of rotatable bonds is 3. The van der Waals surface area contributed by atoms with Gasteiger partial charge in [-0.2, -0.15) is 0 Å². The number of nitrogens with two attached hydrogens (primary N) is 1. The van der Waals surface area contributed by atoms with Gasteiger partial charge < -0.3 is 5.73 Å². The molecule has 0 saturated carbocycles. The minimum absolute atomic E-state index is 0.458. The Bertz CT molecular complexity index is 349. The summed E-state index contributed by atoms with van der Waals surface area (Å²) in [4.78, 5) is 2.56. The molecule has 2 N–H and O–H groups in total. The van der Waals surface area contributed by atoms with E-state index < -0.39 is 0 Å². The average Bonchev–Trinajstić information content (AvgIpc) is 2.61. The minimum Gasteiger partial charge on any atom is -0.330 e. The zero-order chi connectivity index (χ0) is 13.0. The second kappa shape index (κ2) is 6.55. The van der Waals surface area contributed by atoms with Gasteiger partial charge in [0.15, 0.2) is 0 Å². The molecule has 100 valence electrons. The van der Waals surface area contributed by atoms with E-state index in [0.717, 1.165) is 18.1 Å². The van der Waals surface area contributed by atoms with E-state index in [9.17, 15) is 0 Å². The zero-order valence-electron chi connectivity index (χ0n) is 11.1. The van der Waals surface area contributed by atoms with Crippen molar-refractivity contribution in [3.05, 3.63) is 34.9 Å². The van der Waals surface area contributed by atoms with E-state index >= 15 is 0 Å². The average molecular weight is 267 g/mol. The van der Waals surface area contributed by atoms with Crippen molar-refractivity contribution >= 4 is 11.6 Å². The van der Waals surface area contributed by atoms with E-state index in [-0.39, 0.29) is 0 Å². The number of hydrogen-bond donors (Lipinski definition) is 1. The molecule has 1 fully saturated rings. The van der Waals surface area contributed by atoms with Gasteiger partial charge in [-0.05, 0) is 56.1 Å². The van der Waals surface area contributed by atoms with Crippen molar-refractivity contribution in [3.63, 3.8) is 0 Å². The fourth-order valence-corrected chi connectivity index (χ4v) is 3.19. The maximum absolute atomic E-state index is 5.99. The van der Waals surface area contributed by atoms with Crippen molar-refractivity contribution < 1.29 is 0 Å². The summed E-state index contributed by atoms with van der Waals surface area (Å²) in [7, 11) is 0. The Hall–Kier alpha value is -0.570. The summed E-state index contributed by atoms with van der Waals surface area (Å²) < 4.78 is 0. The third kappa shape index (κ3) is 3.05. The molecule has 1 aliphatic heterocycles. The van der Waals surface area contributed by atoms with Gasteiger partial charge >= 0.3 is 0 Å². The van der Waals surface area contributed by atoms with Crippen LogP contribution in [-0.4, -0.2) is 24.5 Å². The highest BCUT2D eigenvalue weighted by Crippen LogP contribution is 2.34. The molecule has 1 aromatic rings. The second-order valence-electron chi connectivity index (χ2n) is 5.12. The van der Waals surface area contributed by atoms with Crippen LogP contribution in [0, 0.1) is 5.92 Å². The molecule has 0 spiro atoms. The maximum Gasteiger partial charge on any atom is 0.0406 e. The number of likely N-dealkylation sites (tertiary alicyclic amines) is 1. The molecule has 1 aromatic carbocycles. The first kappa shape index (κ1) is 13.9. The predicted octanol–water partition coefficient (Wildman–Crippen LogP) is 3.46. The molecule has 0 amide bonds. The van der Waals surface area contributed by atoms with Gasteiger partial charge in [0.2, 0.25) is 0 Å². The van der Waals surface area contributed by atoms with Crippen LogP contribution in [0.25, 0.3) is 0 Å². The van der Waals surface area contributed by atoms with Gasteiger partial charge in [-0.1, -0.05) is 37.1 Å². The lowest BCUT2D eigenvalue weighted by Crippen LogP contribution is -2.35. The molecule has 3 heteroatoms. The summed E-state index contributed by atoms with van der Waals surface area (Å²) in [5.74, 6) is 0.564. The van der Waals surface area contributed by atoms with Crippen molar-refractivity contribution in [3.8, 4) is 0 Å². The topological polar surface area (TPSA) is 29.3 Å². The molecule has 0 bridgehead atoms. The van der Waals surface area contributed by atoms with E-state index in [0.29, 0.717) is 12.0 Å². The Morgan fingerprint density at radius 3 is 2.61 bits per heavy atom. The first-order valence-corrected chi connectivity index (χ1v) is 7.33. The zero-order valence-corrected chi connectivity index (χ0v) is 11.9. The maximum atomic E-state index is 5.99. The summed E-state index contributed by atoms with van der Waals surface area (Å²) in [5, 5.41) is 0.805. The minimum atomic E-state index is 0.458. The summed E-state index contributed by atoms with van der Waals surface area (Å²) in [6.45, 7) is 5.27. The van der Waals surface area contributed by atoms with E-state index in [2.05, 4.69) is 24.0 Å². The molecule has 2 atom stereocenters. The van der Waals surface area contributed by atoms with Gasteiger partial charge in [0.25, 0.3) is 0 Å². The third-order valence-corrected chi connectivity index (χ3v) is 4.28. The van der Waals surface area contributed by atoms with Crippen LogP contribution in [0.3, 0.4) is 0 Å². The molecule has 0 radical (unpaired) electrons. The second-order valence-corrected chi connectivity index (χ2v) is 5.55. The SMILES string of the molecule is CCN1CCCCC(CN)C1c1ccc(Cl)cc1. The van der Waals surface area contributed by atoms with Crippen LogP contribution in [0.1, 0.15) is 37.8 Å². The Labute approximate surface area is 115 Å². The Balaban J connectivity index is 2.29. The van der Waals surface area contributed by atoms with E-state index in [1.165, 1.54) is 31.4 Å². The van der Waals surface area contributed by atoms with Gasteiger partial charge in [-0.25, -0.2) is 0 Å². The Morgan fingerprint density at radius 1 is 1.28 bits per heavy atom. The van der Waals surface area contributed by atoms with E-state index in [1.54, 1.807) is 0 Å². The predicted molar refractivity (Wildman–Crippen MR) is 77.8 cm³/mol. The van der Waals surface area contributed by atoms with Crippen molar-refractivity contribution in [1.82, 2.24) is 4.90 Å². The Kier molecular flexibility index (Phi) is 5.04. The van der Waals surface area contributed by atoms with E-state index in [1.807, 2.05) is 12.1 Å². The largest absolute Gasteiger partial charge is 0.330 e. The van der Waals surface area contributed by atoms with Gasteiger partial charge in [-0.3, -0.25) is 4.90 Å². The highest BCUT2D eigenvalue weighted by molar-refractivity contribution is 6.30. The van der Waals surface area contributed by atoms with Crippen LogP contribution in [0.5, 0.6) is 0 Å². The van der Waals surface area contributed by atoms with Crippen molar-refractivity contribution in [2.24, 2.45) is 11.7 Å². The standard InChI is InChI=1S/C15H23ClN2/c1-2-18-10-4-3-5-13(11-17)15(18)12-6-8-14(16)9-7-12/h6-9,13,15H,2-5,10-11,17H2,1H3. The van der Waals surface area contributed by atoms with E-state index in [4.69, 9.17) is 17.3 Å². The first-order valence-electron chi connectivity index (χ1n) is 6.95. The third-order valence-electron chi connectivity index (χ3n) is 4.03. The van der Waals surface area contributed by atoms with Gasteiger partial charge in [-0.15, -0.1) is 0 Å². The van der Waals surface area contributed by atoms with Crippen LogP contribution in [0.2, 0.25) is 5.02 Å². The lowest BCUT2D eigenvalue weighted by molar-refractivity contribution is 0.166. The fourth-order valence-electron chi connectivity index (χ4n) is 3.06. The monoisotopic (exact) mass is 266 g/mol. The van der Waals surface area contributed by atoms with Gasteiger partial charge in [0, 0.05) is 11.1 Å². The molecule has 2 unspecified atom stereocenters. The fraction of sp³-hybridized carbons (Fsp3) is 0.600. The number of hydrogen-bond acceptors (Lipinski definition) is 2. The molecule has 1 heterocycles. The van der Waals surface area contributed by atoms with Gasteiger partial charge in [0.1, 0.15) is 0 Å². The number of halogens is 1. The quantitative estimate of drug-likeness (QED) is 0.908. The van der Waals surface area contributed by atoms with Crippen LogP contribution in [0.15, 0.2) is 24.3 Å². The molecular weight excluding hydrogens is 244 g/mol. The van der Waals surface area contributed by atoms with Gasteiger partial charge in [0.05, 0.1) is 0 Å². The molecular formula is C15H23ClN2. The molecule has 1 saturated heterocycles. The molecule has 2 rings (SSSR count). The molecule has 2 nitrogen and oxygen atoms in total. The summed E-state index contributed by atoms with van der Waals surface area (Å²) >= 11 is 5.99. The van der Waals surface area contributed by atoms with Crippen LogP contribution >= 0.6 is 11.6 Å². The highest BCUT2D eigenvalue weighted by Gasteiger charge is 2.29. The number of benzene rings is 1. The molecule has 0 aliphatic carbocycles. The van der Waals surface area contributed by atoms with Crippen LogP contribution < -0.4 is 5.73 Å². The Morgan fingerprint density at radius 2 is 2.00 bits per heavy atom. The van der Waals surface area contributed by atoms with Crippen molar-refractivity contribution in [2.75, 3.05) is 19.6 Å². The van der Waals surface area contributed by atoms with Crippen molar-refractivity contribution in [2.45, 2.75) is 32.2 Å². The normalized spacial score (nSPS) is 25.9.